The molecule has 1 saturated heterocycles. The molecule has 0 bridgehead atoms. The van der Waals surface area contributed by atoms with Crippen LogP contribution in [0.25, 0.3) is 11.0 Å². The summed E-state index contributed by atoms with van der Waals surface area (Å²) in [5.74, 6) is 2.29. The SMILES string of the molecule is CC.Nc1nc2c(c(C#CCNC(=O)C(F)(F)F)cn2C2OC(CO)C(O)C2O)c(=O)[nH]1. The molecule has 4 atom stereocenters. The van der Waals surface area contributed by atoms with Gasteiger partial charge in [-0.05, 0) is 0 Å². The summed E-state index contributed by atoms with van der Waals surface area (Å²) in [6.45, 7) is 2.76. The highest BCUT2D eigenvalue weighted by Gasteiger charge is 2.44. The highest BCUT2D eigenvalue weighted by molar-refractivity contribution is 5.84. The van der Waals surface area contributed by atoms with Gasteiger partial charge in [-0.1, -0.05) is 25.7 Å². The molecule has 2 aromatic heterocycles. The van der Waals surface area contributed by atoms with Gasteiger partial charge in [0.1, 0.15) is 18.3 Å². The van der Waals surface area contributed by atoms with E-state index in [1.54, 1.807) is 5.32 Å². The molecule has 1 aliphatic rings. The standard InChI is InChI=1S/C16H16F3N5O6.C2H6/c17-16(18,19)14(29)21-3-1-2-6-4-24(11-8(6)12(28)23-15(20)22-11)13-10(27)9(26)7(5-25)30-13;1-2/h4,7,9-10,13,25-27H,3,5H2,(H,21,29)(H3,20,22,23,28);1-2H3. The summed E-state index contributed by atoms with van der Waals surface area (Å²) in [5, 5.41) is 30.9. The summed E-state index contributed by atoms with van der Waals surface area (Å²) in [6, 6.07) is 0. The van der Waals surface area contributed by atoms with Gasteiger partial charge in [0, 0.05) is 6.20 Å². The van der Waals surface area contributed by atoms with Crippen LogP contribution in [0.3, 0.4) is 0 Å². The van der Waals surface area contributed by atoms with Crippen LogP contribution in [0.5, 0.6) is 0 Å². The number of hydrogen-bond donors (Lipinski definition) is 6. The molecule has 0 radical (unpaired) electrons. The van der Waals surface area contributed by atoms with Gasteiger partial charge in [-0.15, -0.1) is 0 Å². The molecule has 0 saturated carbocycles. The number of anilines is 1. The summed E-state index contributed by atoms with van der Waals surface area (Å²) in [5.41, 5.74) is 4.76. The third-order valence-electron chi connectivity index (χ3n) is 4.31. The van der Waals surface area contributed by atoms with Crippen molar-refractivity contribution < 1.29 is 38.0 Å². The summed E-state index contributed by atoms with van der Waals surface area (Å²) >= 11 is 0. The fourth-order valence-corrected chi connectivity index (χ4v) is 2.94. The lowest BCUT2D eigenvalue weighted by atomic mass is 10.1. The maximum Gasteiger partial charge on any atom is 0.471 e. The first-order chi connectivity index (χ1) is 15.0. The second-order valence-electron chi connectivity index (χ2n) is 6.31. The number of hydrogen-bond acceptors (Lipinski definition) is 8. The first-order valence-corrected chi connectivity index (χ1v) is 9.41. The van der Waals surface area contributed by atoms with Gasteiger partial charge in [0.25, 0.3) is 5.56 Å². The van der Waals surface area contributed by atoms with Crippen molar-refractivity contribution in [3.05, 3.63) is 22.1 Å². The molecule has 0 aliphatic carbocycles. The van der Waals surface area contributed by atoms with Crippen LogP contribution in [0.15, 0.2) is 11.0 Å². The van der Waals surface area contributed by atoms with Crippen molar-refractivity contribution in [1.29, 1.82) is 0 Å². The number of nitrogen functional groups attached to an aromatic ring is 1. The van der Waals surface area contributed by atoms with Crippen LogP contribution in [-0.4, -0.2) is 73.4 Å². The Balaban J connectivity index is 0.00000176. The summed E-state index contributed by atoms with van der Waals surface area (Å²) in [7, 11) is 0. The first-order valence-electron chi connectivity index (χ1n) is 9.41. The molecule has 1 fully saturated rings. The van der Waals surface area contributed by atoms with Crippen LogP contribution in [0, 0.1) is 11.8 Å². The summed E-state index contributed by atoms with van der Waals surface area (Å²) < 4.78 is 43.2. The molecular formula is C18H22F3N5O6. The third-order valence-corrected chi connectivity index (χ3v) is 4.31. The number of nitrogens with one attached hydrogen (secondary N) is 2. The largest absolute Gasteiger partial charge is 0.471 e. The van der Waals surface area contributed by atoms with Crippen molar-refractivity contribution in [2.45, 2.75) is 44.6 Å². The Morgan fingerprint density at radius 2 is 2.03 bits per heavy atom. The number of rotatable bonds is 3. The minimum absolute atomic E-state index is 0.00209. The number of halogens is 3. The van der Waals surface area contributed by atoms with Crippen LogP contribution < -0.4 is 16.6 Å². The third kappa shape index (κ3) is 5.02. The Morgan fingerprint density at radius 3 is 2.59 bits per heavy atom. The molecule has 11 nitrogen and oxygen atoms in total. The normalized spacial score (nSPS) is 22.6. The molecule has 1 amide bonds. The van der Waals surface area contributed by atoms with Crippen LogP contribution in [0.4, 0.5) is 19.1 Å². The number of aromatic nitrogens is 3. The van der Waals surface area contributed by atoms with E-state index in [-0.39, 0.29) is 22.5 Å². The zero-order valence-corrected chi connectivity index (χ0v) is 17.0. The molecular weight excluding hydrogens is 439 g/mol. The Kier molecular flexibility index (Phi) is 7.86. The van der Waals surface area contributed by atoms with Gasteiger partial charge < -0.3 is 35.7 Å². The summed E-state index contributed by atoms with van der Waals surface area (Å²) in [4.78, 5) is 29.3. The van der Waals surface area contributed by atoms with E-state index in [1.807, 2.05) is 13.8 Å². The first kappa shape index (κ1) is 25.1. The molecule has 14 heteroatoms. The number of ether oxygens (including phenoxy) is 1. The number of nitrogens with zero attached hydrogens (tertiary/aromatic N) is 2. The zero-order chi connectivity index (χ0) is 24.2. The van der Waals surface area contributed by atoms with Gasteiger partial charge in [-0.3, -0.25) is 14.6 Å². The average Bonchev–Trinajstić information content (AvgIpc) is 3.23. The highest BCUT2D eigenvalue weighted by atomic mass is 19.4. The Labute approximate surface area is 179 Å². The van der Waals surface area contributed by atoms with Crippen molar-refractivity contribution in [1.82, 2.24) is 19.9 Å². The Hall–Kier alpha value is -3.12. The molecule has 3 heterocycles. The number of H-pyrrole nitrogens is 1. The number of carbonyl (C=O) groups excluding carboxylic acids is 1. The van der Waals surface area contributed by atoms with E-state index in [1.165, 1.54) is 10.8 Å². The van der Waals surface area contributed by atoms with E-state index < -0.39 is 55.3 Å². The van der Waals surface area contributed by atoms with Crippen LogP contribution in [0.2, 0.25) is 0 Å². The number of alkyl halides is 3. The van der Waals surface area contributed by atoms with Crippen molar-refractivity contribution in [3.8, 4) is 11.8 Å². The molecule has 0 aromatic carbocycles. The average molecular weight is 461 g/mol. The minimum atomic E-state index is -5.06. The smallest absolute Gasteiger partial charge is 0.394 e. The maximum atomic E-state index is 12.3. The number of aromatic amines is 1. The molecule has 2 aromatic rings. The van der Waals surface area contributed by atoms with E-state index in [0.717, 1.165) is 0 Å². The fraction of sp³-hybridized carbons (Fsp3) is 0.500. The number of nitrogens with two attached hydrogens (primary N) is 1. The number of amides is 1. The second-order valence-corrected chi connectivity index (χ2v) is 6.31. The molecule has 0 spiro atoms. The predicted octanol–water partition coefficient (Wildman–Crippen LogP) is -1.03. The maximum absolute atomic E-state index is 12.3. The number of carbonyl (C=O) groups is 1. The van der Waals surface area contributed by atoms with Gasteiger partial charge >= 0.3 is 12.1 Å². The Morgan fingerprint density at radius 1 is 1.38 bits per heavy atom. The van der Waals surface area contributed by atoms with E-state index >= 15 is 0 Å². The predicted molar refractivity (Wildman–Crippen MR) is 105 cm³/mol. The summed E-state index contributed by atoms with van der Waals surface area (Å²) in [6.07, 6.45) is -9.11. The van der Waals surface area contributed by atoms with Crippen LogP contribution in [-0.2, 0) is 9.53 Å². The lowest BCUT2D eigenvalue weighted by Crippen LogP contribution is -2.36. The van der Waals surface area contributed by atoms with Crippen LogP contribution >= 0.6 is 0 Å². The Bertz CT molecular complexity index is 1090. The van der Waals surface area contributed by atoms with Crippen LogP contribution in [0.1, 0.15) is 25.6 Å². The van der Waals surface area contributed by atoms with E-state index in [0.29, 0.717) is 0 Å². The number of fused-ring (bicyclic) bond motifs is 1. The van der Waals surface area contributed by atoms with Gasteiger partial charge in [-0.25, -0.2) is 0 Å². The molecule has 4 unspecified atom stereocenters. The van der Waals surface area contributed by atoms with Crippen molar-refractivity contribution in [3.63, 3.8) is 0 Å². The van der Waals surface area contributed by atoms with Crippen molar-refractivity contribution >= 4 is 22.9 Å². The second kappa shape index (κ2) is 10.0. The molecule has 7 N–H and O–H groups in total. The van der Waals surface area contributed by atoms with Gasteiger partial charge in [-0.2, -0.15) is 18.2 Å². The topological polar surface area (TPSA) is 176 Å². The van der Waals surface area contributed by atoms with Gasteiger partial charge in [0.05, 0.1) is 24.1 Å². The van der Waals surface area contributed by atoms with Crippen molar-refractivity contribution in [2.75, 3.05) is 18.9 Å². The quantitative estimate of drug-likeness (QED) is 0.315. The highest BCUT2D eigenvalue weighted by Crippen LogP contribution is 2.32. The number of aliphatic hydroxyl groups excluding tert-OH is 3. The van der Waals surface area contributed by atoms with E-state index in [2.05, 4.69) is 21.8 Å². The van der Waals surface area contributed by atoms with E-state index in [4.69, 9.17) is 10.5 Å². The zero-order valence-electron chi connectivity index (χ0n) is 17.0. The van der Waals surface area contributed by atoms with Gasteiger partial charge in [0.15, 0.2) is 11.9 Å². The monoisotopic (exact) mass is 461 g/mol. The molecule has 3 rings (SSSR count). The fourth-order valence-electron chi connectivity index (χ4n) is 2.94. The number of aliphatic hydroxyl groups is 3. The van der Waals surface area contributed by atoms with E-state index in [9.17, 15) is 38.1 Å². The van der Waals surface area contributed by atoms with Crippen molar-refractivity contribution in [2.24, 2.45) is 0 Å². The molecule has 176 valence electrons. The molecule has 32 heavy (non-hydrogen) atoms. The minimum Gasteiger partial charge on any atom is -0.394 e. The lowest BCUT2D eigenvalue weighted by molar-refractivity contribution is -0.173. The van der Waals surface area contributed by atoms with Gasteiger partial charge in [0.2, 0.25) is 5.95 Å². The molecule has 1 aliphatic heterocycles. The lowest BCUT2D eigenvalue weighted by Gasteiger charge is -2.17.